The molecule has 0 spiro atoms. The lowest BCUT2D eigenvalue weighted by Gasteiger charge is -2.30. The molecule has 5 nitrogen and oxygen atoms in total. The van der Waals surface area contributed by atoms with Gasteiger partial charge in [-0.3, -0.25) is 0 Å². The molecule has 0 aliphatic carbocycles. The molecule has 0 aromatic rings. The van der Waals surface area contributed by atoms with Gasteiger partial charge in [-0.2, -0.15) is 17.0 Å². The van der Waals surface area contributed by atoms with Crippen molar-refractivity contribution in [2.45, 2.75) is 38.7 Å². The van der Waals surface area contributed by atoms with Crippen molar-refractivity contribution in [2.75, 3.05) is 26.7 Å². The highest BCUT2D eigenvalue weighted by Crippen LogP contribution is 2.15. The summed E-state index contributed by atoms with van der Waals surface area (Å²) < 4.78 is 27.0. The van der Waals surface area contributed by atoms with Crippen LogP contribution in [0.2, 0.25) is 0 Å². The summed E-state index contributed by atoms with van der Waals surface area (Å²) in [4.78, 5) is 0. The van der Waals surface area contributed by atoms with Crippen LogP contribution in [0.25, 0.3) is 0 Å². The highest BCUT2D eigenvalue weighted by molar-refractivity contribution is 7.86. The first-order valence-electron chi connectivity index (χ1n) is 5.84. The molecular weight excluding hydrogens is 228 g/mol. The van der Waals surface area contributed by atoms with Crippen LogP contribution in [-0.4, -0.2) is 54.9 Å². The number of aliphatic hydroxyl groups excluding tert-OH is 1. The maximum absolute atomic E-state index is 12.1. The Morgan fingerprint density at radius 2 is 1.88 bits per heavy atom. The van der Waals surface area contributed by atoms with Gasteiger partial charge in [-0.1, -0.05) is 6.42 Å². The van der Waals surface area contributed by atoms with E-state index in [0.717, 1.165) is 19.3 Å². The maximum atomic E-state index is 12.1. The fourth-order valence-electron chi connectivity index (χ4n) is 1.78. The fraction of sp³-hybridized carbons (Fsp3) is 1.00. The lowest BCUT2D eigenvalue weighted by Crippen LogP contribution is -2.44. The number of piperidine rings is 1. The van der Waals surface area contributed by atoms with Crippen LogP contribution >= 0.6 is 0 Å². The molecule has 0 aromatic carbocycles. The third kappa shape index (κ3) is 3.69. The van der Waals surface area contributed by atoms with Crippen LogP contribution in [0.3, 0.4) is 0 Å². The van der Waals surface area contributed by atoms with Gasteiger partial charge in [-0.05, 0) is 26.2 Å². The van der Waals surface area contributed by atoms with Crippen LogP contribution in [0, 0.1) is 0 Å². The van der Waals surface area contributed by atoms with Gasteiger partial charge in [-0.15, -0.1) is 0 Å². The Morgan fingerprint density at radius 1 is 1.31 bits per heavy atom. The first-order chi connectivity index (χ1) is 7.44. The zero-order valence-corrected chi connectivity index (χ0v) is 10.9. The Kier molecular flexibility index (Phi) is 5.17. The van der Waals surface area contributed by atoms with Gasteiger partial charge >= 0.3 is 0 Å². The van der Waals surface area contributed by atoms with Crippen molar-refractivity contribution in [2.24, 2.45) is 0 Å². The van der Waals surface area contributed by atoms with E-state index in [9.17, 15) is 8.42 Å². The second-order valence-corrected chi connectivity index (χ2v) is 6.46. The molecule has 96 valence electrons. The van der Waals surface area contributed by atoms with E-state index in [1.807, 2.05) is 0 Å². The third-order valence-electron chi connectivity index (χ3n) is 2.90. The van der Waals surface area contributed by atoms with Crippen molar-refractivity contribution >= 4 is 10.2 Å². The molecule has 1 heterocycles. The van der Waals surface area contributed by atoms with Crippen molar-refractivity contribution < 1.29 is 13.5 Å². The summed E-state index contributed by atoms with van der Waals surface area (Å²) in [6.45, 7) is 3.29. The minimum atomic E-state index is -3.30. The van der Waals surface area contributed by atoms with E-state index in [1.54, 1.807) is 18.3 Å². The van der Waals surface area contributed by atoms with Crippen LogP contribution in [0.5, 0.6) is 0 Å². The lowest BCUT2D eigenvalue weighted by atomic mass is 10.2. The summed E-state index contributed by atoms with van der Waals surface area (Å²) in [6, 6.07) is 0. The molecule has 1 unspecified atom stereocenters. The molecular formula is C10H22N2O3S. The number of hydrogen-bond donors (Lipinski definition) is 1. The average molecular weight is 250 g/mol. The van der Waals surface area contributed by atoms with Crippen molar-refractivity contribution in [3.63, 3.8) is 0 Å². The van der Waals surface area contributed by atoms with Crippen LogP contribution < -0.4 is 0 Å². The largest absolute Gasteiger partial charge is 0.393 e. The minimum absolute atomic E-state index is 0.372. The number of aliphatic hydroxyl groups is 1. The summed E-state index contributed by atoms with van der Waals surface area (Å²) in [5.41, 5.74) is 0. The Balaban J connectivity index is 2.54. The molecule has 0 radical (unpaired) electrons. The van der Waals surface area contributed by atoms with E-state index in [-0.39, 0.29) is 0 Å². The summed E-state index contributed by atoms with van der Waals surface area (Å²) >= 11 is 0. The zero-order chi connectivity index (χ0) is 12.2. The highest BCUT2D eigenvalue weighted by Gasteiger charge is 2.27. The Morgan fingerprint density at radius 3 is 2.38 bits per heavy atom. The monoisotopic (exact) mass is 250 g/mol. The van der Waals surface area contributed by atoms with Gasteiger partial charge in [-0.25, -0.2) is 0 Å². The van der Waals surface area contributed by atoms with Gasteiger partial charge in [0.15, 0.2) is 0 Å². The molecule has 0 aromatic heterocycles. The van der Waals surface area contributed by atoms with E-state index in [1.165, 1.54) is 4.31 Å². The van der Waals surface area contributed by atoms with E-state index < -0.39 is 16.3 Å². The molecule has 1 atom stereocenters. The summed E-state index contributed by atoms with van der Waals surface area (Å²) in [6.07, 6.45) is 3.03. The second-order valence-electron chi connectivity index (χ2n) is 4.43. The summed E-state index contributed by atoms with van der Waals surface area (Å²) in [7, 11) is -1.73. The Bertz CT molecular complexity index is 297. The minimum Gasteiger partial charge on any atom is -0.393 e. The van der Waals surface area contributed by atoms with Crippen molar-refractivity contribution in [3.05, 3.63) is 0 Å². The van der Waals surface area contributed by atoms with Crippen LogP contribution in [-0.2, 0) is 10.2 Å². The Labute approximate surface area is 98.2 Å². The first kappa shape index (κ1) is 13.9. The standard InChI is InChI=1S/C10H22N2O3S/c1-10(13)6-9-11(2)16(14,15)12-7-4-3-5-8-12/h10,13H,3-9H2,1-2H3. The topological polar surface area (TPSA) is 60.9 Å². The SMILES string of the molecule is CC(O)CCN(C)S(=O)(=O)N1CCCCC1. The van der Waals surface area contributed by atoms with Crippen molar-refractivity contribution in [1.29, 1.82) is 0 Å². The molecule has 0 bridgehead atoms. The molecule has 0 saturated carbocycles. The summed E-state index contributed by atoms with van der Waals surface area (Å²) in [5.74, 6) is 0. The van der Waals surface area contributed by atoms with Gasteiger partial charge in [0, 0.05) is 26.7 Å². The van der Waals surface area contributed by atoms with Gasteiger partial charge < -0.3 is 5.11 Å². The highest BCUT2D eigenvalue weighted by atomic mass is 32.2. The first-order valence-corrected chi connectivity index (χ1v) is 7.24. The smallest absolute Gasteiger partial charge is 0.281 e. The van der Waals surface area contributed by atoms with Gasteiger partial charge in [0.05, 0.1) is 6.10 Å². The van der Waals surface area contributed by atoms with E-state index in [0.29, 0.717) is 26.1 Å². The molecule has 1 fully saturated rings. The molecule has 1 aliphatic rings. The molecule has 6 heteroatoms. The maximum Gasteiger partial charge on any atom is 0.281 e. The zero-order valence-electron chi connectivity index (χ0n) is 10.1. The molecule has 1 saturated heterocycles. The Hall–Kier alpha value is -0.170. The molecule has 0 amide bonds. The van der Waals surface area contributed by atoms with Crippen LogP contribution in [0.1, 0.15) is 32.6 Å². The molecule has 1 rings (SSSR count). The number of hydrogen-bond acceptors (Lipinski definition) is 3. The van der Waals surface area contributed by atoms with E-state index >= 15 is 0 Å². The fourth-order valence-corrected chi connectivity index (χ4v) is 3.23. The quantitative estimate of drug-likeness (QED) is 0.769. The van der Waals surface area contributed by atoms with E-state index in [2.05, 4.69) is 0 Å². The van der Waals surface area contributed by atoms with Gasteiger partial charge in [0.2, 0.25) is 0 Å². The normalized spacial score (nSPS) is 21.2. The van der Waals surface area contributed by atoms with Crippen LogP contribution in [0.4, 0.5) is 0 Å². The molecule has 1 aliphatic heterocycles. The third-order valence-corrected chi connectivity index (χ3v) is 4.88. The van der Waals surface area contributed by atoms with Crippen LogP contribution in [0.15, 0.2) is 0 Å². The molecule has 16 heavy (non-hydrogen) atoms. The number of nitrogens with zero attached hydrogens (tertiary/aromatic N) is 2. The average Bonchev–Trinajstić information content (AvgIpc) is 2.27. The summed E-state index contributed by atoms with van der Waals surface area (Å²) in [5, 5.41) is 9.14. The predicted octanol–water partition coefficient (Wildman–Crippen LogP) is 0.420. The predicted molar refractivity (Wildman–Crippen MR) is 63.3 cm³/mol. The lowest BCUT2D eigenvalue weighted by molar-refractivity contribution is 0.175. The van der Waals surface area contributed by atoms with Crippen molar-refractivity contribution in [1.82, 2.24) is 8.61 Å². The van der Waals surface area contributed by atoms with Gasteiger partial charge in [0.25, 0.3) is 10.2 Å². The second kappa shape index (κ2) is 5.95. The van der Waals surface area contributed by atoms with Gasteiger partial charge in [0.1, 0.15) is 0 Å². The number of rotatable bonds is 5. The van der Waals surface area contributed by atoms with E-state index in [4.69, 9.17) is 5.11 Å². The van der Waals surface area contributed by atoms with Crippen molar-refractivity contribution in [3.8, 4) is 0 Å². The molecule has 1 N–H and O–H groups in total.